The smallest absolute Gasteiger partial charge is 0.327 e. The van der Waals surface area contributed by atoms with E-state index in [1.165, 1.54) is 0 Å². The number of anilines is 1. The summed E-state index contributed by atoms with van der Waals surface area (Å²) in [5.74, 6) is 1.31. The van der Waals surface area contributed by atoms with Crippen molar-refractivity contribution in [2.75, 3.05) is 18.5 Å². The Balaban J connectivity index is 1.67. The van der Waals surface area contributed by atoms with Gasteiger partial charge in [-0.15, -0.1) is 0 Å². The summed E-state index contributed by atoms with van der Waals surface area (Å²) in [5, 5.41) is 3.48. The Bertz CT molecular complexity index is 884. The minimum absolute atomic E-state index is 0.0640. The maximum Gasteiger partial charge on any atom is 0.327 e. The first-order chi connectivity index (χ1) is 13.9. The molecule has 1 aliphatic rings. The fourth-order valence-electron chi connectivity index (χ4n) is 3.34. The van der Waals surface area contributed by atoms with Crippen LogP contribution in [0, 0.1) is 5.41 Å². The van der Waals surface area contributed by atoms with Gasteiger partial charge < -0.3 is 14.8 Å². The van der Waals surface area contributed by atoms with Crippen molar-refractivity contribution in [1.82, 2.24) is 0 Å². The van der Waals surface area contributed by atoms with Crippen LogP contribution in [0.4, 0.5) is 5.69 Å². The number of aliphatic imine (C=N–C) groups is 1. The van der Waals surface area contributed by atoms with Crippen LogP contribution in [-0.4, -0.2) is 24.8 Å². The average Bonchev–Trinajstić information content (AvgIpc) is 2.68. The molecule has 0 saturated carbocycles. The molecule has 5 heteroatoms. The van der Waals surface area contributed by atoms with E-state index in [0.717, 1.165) is 41.4 Å². The van der Waals surface area contributed by atoms with E-state index in [2.05, 4.69) is 24.2 Å². The lowest BCUT2D eigenvalue weighted by Gasteiger charge is -2.31. The van der Waals surface area contributed by atoms with Gasteiger partial charge in [0.05, 0.1) is 6.61 Å². The second kappa shape index (κ2) is 9.41. The molecule has 5 nitrogen and oxygen atoms in total. The van der Waals surface area contributed by atoms with Crippen LogP contribution in [0.5, 0.6) is 11.5 Å². The highest BCUT2D eigenvalue weighted by atomic mass is 16.5. The molecule has 0 aromatic heterocycles. The number of rotatable bonds is 7. The van der Waals surface area contributed by atoms with Gasteiger partial charge in [0.15, 0.2) is 0 Å². The zero-order valence-electron chi connectivity index (χ0n) is 17.3. The van der Waals surface area contributed by atoms with Crippen LogP contribution < -0.4 is 10.1 Å². The number of benzene rings is 2. The molecule has 29 heavy (non-hydrogen) atoms. The number of allylic oxidation sites excluding steroid dienone is 2. The summed E-state index contributed by atoms with van der Waals surface area (Å²) in [6, 6.07) is 17.6. The highest BCUT2D eigenvalue weighted by Gasteiger charge is 2.26. The van der Waals surface area contributed by atoms with Crippen LogP contribution in [0.1, 0.15) is 33.6 Å². The molecule has 0 atom stereocenters. The highest BCUT2D eigenvalue weighted by Crippen LogP contribution is 2.35. The van der Waals surface area contributed by atoms with E-state index in [9.17, 15) is 4.79 Å². The molecule has 0 aliphatic heterocycles. The highest BCUT2D eigenvalue weighted by molar-refractivity contribution is 5.98. The van der Waals surface area contributed by atoms with Gasteiger partial charge in [0.1, 0.15) is 18.0 Å². The predicted molar refractivity (Wildman–Crippen MR) is 117 cm³/mol. The molecule has 1 N–H and O–H groups in total. The number of esters is 1. The lowest BCUT2D eigenvalue weighted by molar-refractivity contribution is -0.141. The third kappa shape index (κ3) is 6.49. The Morgan fingerprint density at radius 2 is 1.72 bits per heavy atom. The fraction of sp³-hybridized carbons (Fsp3) is 0.333. The number of hydrogen-bond donors (Lipinski definition) is 1. The summed E-state index contributed by atoms with van der Waals surface area (Å²) in [6.07, 6.45) is 3.79. The molecular formula is C24H28N2O3. The SMILES string of the molecule is CCOC(=O)CN=C1C=C(Nc2ccc(Oc3ccccc3)cc2)CC(C)(C)C1. The predicted octanol–water partition coefficient (Wildman–Crippen LogP) is 5.60. The van der Waals surface area contributed by atoms with Crippen LogP contribution in [0.25, 0.3) is 0 Å². The Morgan fingerprint density at radius 3 is 2.41 bits per heavy atom. The second-order valence-corrected chi connectivity index (χ2v) is 7.86. The Labute approximate surface area is 172 Å². The molecule has 2 aromatic rings. The van der Waals surface area contributed by atoms with Crippen LogP contribution >= 0.6 is 0 Å². The van der Waals surface area contributed by atoms with E-state index >= 15 is 0 Å². The van der Waals surface area contributed by atoms with Gasteiger partial charge >= 0.3 is 5.97 Å². The standard InChI is InChI=1S/C24H28N2O3/c1-4-28-23(27)17-25-19-14-20(16-24(2,3)15-19)26-18-10-12-22(13-11-18)29-21-8-6-5-7-9-21/h5-14,26H,4,15-17H2,1-3H3. The van der Waals surface area contributed by atoms with Gasteiger partial charge in [0.2, 0.25) is 0 Å². The fourth-order valence-corrected chi connectivity index (χ4v) is 3.34. The number of para-hydroxylation sites is 1. The lowest BCUT2D eigenvalue weighted by atomic mass is 9.78. The first-order valence-corrected chi connectivity index (χ1v) is 9.93. The number of carbonyl (C=O) groups is 1. The van der Waals surface area contributed by atoms with Crippen molar-refractivity contribution in [2.45, 2.75) is 33.6 Å². The maximum absolute atomic E-state index is 11.6. The molecular weight excluding hydrogens is 364 g/mol. The minimum atomic E-state index is -0.291. The van der Waals surface area contributed by atoms with Gasteiger partial charge in [-0.25, -0.2) is 0 Å². The number of ether oxygens (including phenoxy) is 2. The summed E-state index contributed by atoms with van der Waals surface area (Å²) >= 11 is 0. The van der Waals surface area contributed by atoms with Gasteiger partial charge in [-0.3, -0.25) is 9.79 Å². The molecule has 0 heterocycles. The largest absolute Gasteiger partial charge is 0.465 e. The molecule has 2 aromatic carbocycles. The van der Waals surface area contributed by atoms with E-state index in [-0.39, 0.29) is 17.9 Å². The summed E-state index contributed by atoms with van der Waals surface area (Å²) in [4.78, 5) is 16.1. The zero-order valence-corrected chi connectivity index (χ0v) is 17.3. The summed E-state index contributed by atoms with van der Waals surface area (Å²) in [7, 11) is 0. The molecule has 0 amide bonds. The van der Waals surface area contributed by atoms with Gasteiger partial charge in [-0.05, 0) is 67.7 Å². The number of carbonyl (C=O) groups excluding carboxylic acids is 1. The molecule has 0 spiro atoms. The number of nitrogens with zero attached hydrogens (tertiary/aromatic N) is 1. The van der Waals surface area contributed by atoms with E-state index in [1.54, 1.807) is 6.92 Å². The van der Waals surface area contributed by atoms with Crippen molar-refractivity contribution in [1.29, 1.82) is 0 Å². The molecule has 0 bridgehead atoms. The van der Waals surface area contributed by atoms with Gasteiger partial charge in [0, 0.05) is 17.1 Å². The third-order valence-corrected chi connectivity index (χ3v) is 4.52. The quantitative estimate of drug-likeness (QED) is 0.623. The summed E-state index contributed by atoms with van der Waals surface area (Å²) in [5.41, 5.74) is 3.06. The Morgan fingerprint density at radius 1 is 1.03 bits per heavy atom. The molecule has 152 valence electrons. The Hall–Kier alpha value is -3.08. The van der Waals surface area contributed by atoms with Crippen LogP contribution in [0.3, 0.4) is 0 Å². The molecule has 1 aliphatic carbocycles. The first kappa shape index (κ1) is 20.6. The van der Waals surface area contributed by atoms with E-state index in [0.29, 0.717) is 6.61 Å². The van der Waals surface area contributed by atoms with Crippen molar-refractivity contribution < 1.29 is 14.3 Å². The third-order valence-electron chi connectivity index (χ3n) is 4.52. The number of hydrogen-bond acceptors (Lipinski definition) is 5. The topological polar surface area (TPSA) is 59.9 Å². The minimum Gasteiger partial charge on any atom is -0.465 e. The molecule has 0 fully saturated rings. The van der Waals surface area contributed by atoms with Crippen molar-refractivity contribution in [2.24, 2.45) is 10.4 Å². The van der Waals surface area contributed by atoms with Gasteiger partial charge in [-0.1, -0.05) is 32.0 Å². The first-order valence-electron chi connectivity index (χ1n) is 9.93. The van der Waals surface area contributed by atoms with Crippen molar-refractivity contribution in [3.05, 3.63) is 66.4 Å². The van der Waals surface area contributed by atoms with Crippen molar-refractivity contribution in [3.63, 3.8) is 0 Å². The summed E-state index contributed by atoms with van der Waals surface area (Å²) < 4.78 is 10.8. The second-order valence-electron chi connectivity index (χ2n) is 7.86. The van der Waals surface area contributed by atoms with E-state index in [4.69, 9.17) is 9.47 Å². The van der Waals surface area contributed by atoms with Crippen LogP contribution in [-0.2, 0) is 9.53 Å². The lowest BCUT2D eigenvalue weighted by Crippen LogP contribution is -2.25. The molecule has 0 saturated heterocycles. The molecule has 0 radical (unpaired) electrons. The van der Waals surface area contributed by atoms with Crippen LogP contribution in [0.15, 0.2) is 71.4 Å². The van der Waals surface area contributed by atoms with Gasteiger partial charge in [0.25, 0.3) is 0 Å². The molecule has 3 rings (SSSR count). The summed E-state index contributed by atoms with van der Waals surface area (Å²) in [6.45, 7) is 6.65. The van der Waals surface area contributed by atoms with Crippen molar-refractivity contribution in [3.8, 4) is 11.5 Å². The van der Waals surface area contributed by atoms with Gasteiger partial charge in [-0.2, -0.15) is 0 Å². The van der Waals surface area contributed by atoms with Crippen molar-refractivity contribution >= 4 is 17.4 Å². The molecule has 0 unspecified atom stereocenters. The maximum atomic E-state index is 11.6. The van der Waals surface area contributed by atoms with E-state index < -0.39 is 0 Å². The number of nitrogens with one attached hydrogen (secondary N) is 1. The Kier molecular flexibility index (Phi) is 6.70. The zero-order chi connectivity index (χ0) is 20.7. The normalized spacial score (nSPS) is 16.8. The monoisotopic (exact) mass is 392 g/mol. The average molecular weight is 392 g/mol. The van der Waals surface area contributed by atoms with E-state index in [1.807, 2.05) is 60.7 Å². The van der Waals surface area contributed by atoms with Crippen LogP contribution in [0.2, 0.25) is 0 Å².